The van der Waals surface area contributed by atoms with E-state index in [1.54, 1.807) is 4.90 Å². The lowest BCUT2D eigenvalue weighted by Gasteiger charge is -2.48. The maximum Gasteiger partial charge on any atom is 0.320 e. The molecule has 2 bridgehead atoms. The molecule has 5 heterocycles. The van der Waals surface area contributed by atoms with Gasteiger partial charge in [-0.1, -0.05) is 13.8 Å². The predicted molar refractivity (Wildman–Crippen MR) is 121 cm³/mol. The number of carbonyl (C=O) groups excluding carboxylic acids is 1. The molecule has 0 unspecified atom stereocenters. The molecular formula is C22H31N5O3S. The van der Waals surface area contributed by atoms with Crippen LogP contribution in [0.1, 0.15) is 20.3 Å². The van der Waals surface area contributed by atoms with Crippen molar-refractivity contribution >= 4 is 32.5 Å². The molecule has 6 rings (SSSR count). The molecule has 9 heteroatoms. The van der Waals surface area contributed by atoms with Crippen molar-refractivity contribution in [2.24, 2.45) is 18.4 Å². The number of benzene rings is 1. The number of anilines is 1. The number of urea groups is 1. The van der Waals surface area contributed by atoms with Gasteiger partial charge in [0.15, 0.2) is 9.84 Å². The second-order valence-corrected chi connectivity index (χ2v) is 12.4. The van der Waals surface area contributed by atoms with Crippen LogP contribution in [0.15, 0.2) is 24.4 Å². The molecule has 0 saturated carbocycles. The number of aromatic nitrogens is 2. The molecule has 0 spiro atoms. The molecule has 0 radical (unpaired) electrons. The zero-order valence-corrected chi connectivity index (χ0v) is 19.3. The lowest BCUT2D eigenvalue weighted by molar-refractivity contribution is 0.153. The van der Waals surface area contributed by atoms with Crippen molar-refractivity contribution in [3.05, 3.63) is 24.4 Å². The van der Waals surface area contributed by atoms with Gasteiger partial charge in [0.25, 0.3) is 0 Å². The summed E-state index contributed by atoms with van der Waals surface area (Å²) in [7, 11) is -1.05. The molecule has 4 fully saturated rings. The number of rotatable bonds is 1. The van der Waals surface area contributed by atoms with Crippen molar-refractivity contribution in [2.45, 2.75) is 26.3 Å². The summed E-state index contributed by atoms with van der Waals surface area (Å²) in [6, 6.07) is 6.70. The number of amides is 2. The minimum absolute atomic E-state index is 0.00726. The Hall–Kier alpha value is -2.29. The molecule has 4 saturated heterocycles. The Labute approximate surface area is 183 Å². The van der Waals surface area contributed by atoms with Gasteiger partial charge in [0, 0.05) is 50.8 Å². The van der Waals surface area contributed by atoms with E-state index in [0.717, 1.165) is 30.4 Å². The maximum atomic E-state index is 13.3. The normalized spacial score (nSPS) is 27.5. The van der Waals surface area contributed by atoms with Crippen LogP contribution in [0.3, 0.4) is 0 Å². The van der Waals surface area contributed by atoms with Crippen molar-refractivity contribution in [3.8, 4) is 0 Å². The highest BCUT2D eigenvalue weighted by Gasteiger charge is 2.47. The van der Waals surface area contributed by atoms with Crippen LogP contribution >= 0.6 is 0 Å². The Morgan fingerprint density at radius 1 is 1.10 bits per heavy atom. The minimum Gasteiger partial charge on any atom is -0.366 e. The fraction of sp³-hybridized carbons (Fsp3) is 0.636. The summed E-state index contributed by atoms with van der Waals surface area (Å²) in [6.07, 6.45) is 2.99. The molecule has 2 amide bonds. The van der Waals surface area contributed by atoms with Crippen LogP contribution < -0.4 is 4.90 Å². The molecule has 4 aliphatic rings. The zero-order valence-electron chi connectivity index (χ0n) is 18.5. The van der Waals surface area contributed by atoms with Crippen LogP contribution in [0.5, 0.6) is 0 Å². The molecular weight excluding hydrogens is 414 g/mol. The first kappa shape index (κ1) is 20.6. The molecule has 1 aromatic carbocycles. The number of hydrogen-bond acceptors (Lipinski definition) is 5. The largest absolute Gasteiger partial charge is 0.366 e. The topological polar surface area (TPSA) is 78.8 Å². The van der Waals surface area contributed by atoms with Gasteiger partial charge in [0.05, 0.1) is 29.3 Å². The molecule has 0 N–H and O–H groups in total. The summed E-state index contributed by atoms with van der Waals surface area (Å²) in [5, 5.41) is 5.50. The van der Waals surface area contributed by atoms with Crippen LogP contribution in [0.25, 0.3) is 10.9 Å². The van der Waals surface area contributed by atoms with E-state index in [4.69, 9.17) is 0 Å². The van der Waals surface area contributed by atoms with E-state index in [0.29, 0.717) is 25.6 Å². The fourth-order valence-corrected chi connectivity index (χ4v) is 6.91. The SMILES string of the molecule is Cn1ncc2cc(N3C[C@H]4CN(C(=O)N5CCS(=O)(=O)CC5)C[C@@H]3C(C)(C)C4)ccc21. The van der Waals surface area contributed by atoms with Crippen LogP contribution in [0.4, 0.5) is 10.5 Å². The van der Waals surface area contributed by atoms with Gasteiger partial charge in [-0.15, -0.1) is 0 Å². The highest BCUT2D eigenvalue weighted by Crippen LogP contribution is 2.43. The van der Waals surface area contributed by atoms with Crippen LogP contribution in [-0.2, 0) is 16.9 Å². The third kappa shape index (κ3) is 3.66. The average molecular weight is 446 g/mol. The summed E-state index contributed by atoms with van der Waals surface area (Å²) >= 11 is 0. The second kappa shape index (κ2) is 7.12. The quantitative estimate of drug-likeness (QED) is 0.671. The molecule has 2 aromatic rings. The third-order valence-electron chi connectivity index (χ3n) is 7.37. The summed E-state index contributed by atoms with van der Waals surface area (Å²) in [4.78, 5) is 19.5. The fourth-order valence-electron chi connectivity index (χ4n) is 5.71. The first-order chi connectivity index (χ1) is 14.6. The minimum atomic E-state index is -3.00. The number of fused-ring (bicyclic) bond motifs is 5. The second-order valence-electron chi connectivity index (χ2n) is 10.1. The smallest absolute Gasteiger partial charge is 0.320 e. The Bertz CT molecular complexity index is 1110. The van der Waals surface area contributed by atoms with Crippen molar-refractivity contribution in [3.63, 3.8) is 0 Å². The number of piperidine rings is 1. The van der Waals surface area contributed by atoms with Gasteiger partial charge >= 0.3 is 6.03 Å². The molecule has 0 aliphatic carbocycles. The predicted octanol–water partition coefficient (Wildman–Crippen LogP) is 1.96. The first-order valence-electron chi connectivity index (χ1n) is 11.1. The zero-order chi connectivity index (χ0) is 22.0. The van der Waals surface area contributed by atoms with Crippen LogP contribution in [0, 0.1) is 11.3 Å². The highest BCUT2D eigenvalue weighted by atomic mass is 32.2. The molecule has 2 atom stereocenters. The van der Waals surface area contributed by atoms with Gasteiger partial charge in [-0.25, -0.2) is 13.2 Å². The van der Waals surface area contributed by atoms with Crippen molar-refractivity contribution in [1.29, 1.82) is 0 Å². The monoisotopic (exact) mass is 445 g/mol. The van der Waals surface area contributed by atoms with Crippen molar-refractivity contribution in [1.82, 2.24) is 19.6 Å². The summed E-state index contributed by atoms with van der Waals surface area (Å²) in [5.41, 5.74) is 2.37. The molecule has 4 aliphatic heterocycles. The van der Waals surface area contributed by atoms with Crippen molar-refractivity contribution in [2.75, 3.05) is 49.1 Å². The molecule has 31 heavy (non-hydrogen) atoms. The standard InChI is InChI=1S/C22H31N5O3S/c1-22(2)11-16-13-26(21(28)25-6-8-31(29,30)9-7-25)15-20(22)27(14-16)18-4-5-19-17(10-18)12-23-24(19)3/h4-5,10,12,16,20H,6-9,11,13-15H2,1-3H3/t16-,20-/m1/s1. The number of aryl methyl sites for hydroxylation is 1. The average Bonchev–Trinajstić information content (AvgIpc) is 2.90. The van der Waals surface area contributed by atoms with Crippen molar-refractivity contribution < 1.29 is 13.2 Å². The van der Waals surface area contributed by atoms with E-state index in [2.05, 4.69) is 42.0 Å². The Morgan fingerprint density at radius 2 is 1.84 bits per heavy atom. The van der Waals surface area contributed by atoms with Gasteiger partial charge in [0.1, 0.15) is 0 Å². The van der Waals surface area contributed by atoms with E-state index in [-0.39, 0.29) is 29.0 Å². The van der Waals surface area contributed by atoms with Crippen LogP contribution in [0.2, 0.25) is 0 Å². The highest BCUT2D eigenvalue weighted by molar-refractivity contribution is 7.91. The van der Waals surface area contributed by atoms with Gasteiger partial charge in [0.2, 0.25) is 0 Å². The van der Waals surface area contributed by atoms with Crippen LogP contribution in [-0.4, -0.2) is 84.3 Å². The Balaban J connectivity index is 1.41. The molecule has 168 valence electrons. The van der Waals surface area contributed by atoms with Gasteiger partial charge in [-0.05, 0) is 36.0 Å². The van der Waals surface area contributed by atoms with E-state index in [9.17, 15) is 13.2 Å². The lowest BCUT2D eigenvalue weighted by atomic mass is 9.73. The number of sulfone groups is 1. The first-order valence-corrected chi connectivity index (χ1v) is 12.9. The van der Waals surface area contributed by atoms with E-state index < -0.39 is 9.84 Å². The lowest BCUT2D eigenvalue weighted by Crippen LogP contribution is -2.55. The Morgan fingerprint density at radius 3 is 2.58 bits per heavy atom. The molecule has 8 nitrogen and oxygen atoms in total. The van der Waals surface area contributed by atoms with E-state index in [1.165, 1.54) is 5.69 Å². The number of nitrogens with zero attached hydrogens (tertiary/aromatic N) is 5. The summed E-state index contributed by atoms with van der Waals surface area (Å²) in [5.74, 6) is 0.528. The van der Waals surface area contributed by atoms with Gasteiger partial charge < -0.3 is 14.7 Å². The van der Waals surface area contributed by atoms with Gasteiger partial charge in [-0.3, -0.25) is 4.68 Å². The Kier molecular flexibility index (Phi) is 4.73. The summed E-state index contributed by atoms with van der Waals surface area (Å²) < 4.78 is 25.4. The van der Waals surface area contributed by atoms with E-state index >= 15 is 0 Å². The van der Waals surface area contributed by atoms with Gasteiger partial charge in [-0.2, -0.15) is 5.10 Å². The number of carbonyl (C=O) groups is 1. The molecule has 1 aromatic heterocycles. The summed E-state index contributed by atoms with van der Waals surface area (Å²) in [6.45, 7) is 7.54. The van der Waals surface area contributed by atoms with E-state index in [1.807, 2.05) is 22.8 Å². The third-order valence-corrected chi connectivity index (χ3v) is 8.98. The number of hydrogen-bond donors (Lipinski definition) is 0. The maximum absolute atomic E-state index is 13.3.